The molecule has 0 aliphatic heterocycles. The zero-order valence-electron chi connectivity index (χ0n) is 7.65. The zero-order valence-corrected chi connectivity index (χ0v) is 7.65. The summed E-state index contributed by atoms with van der Waals surface area (Å²) in [6.45, 7) is 6.31. The standard InChI is InChI=1S/C9H18N2/c1-4-8(2)7-11-9(3)5-6-10/h6-7,9-11H,4-5H2,1-3H3/b8-7-,10-6?. The molecule has 1 atom stereocenters. The van der Waals surface area contributed by atoms with Gasteiger partial charge in [-0.25, -0.2) is 0 Å². The van der Waals surface area contributed by atoms with Crippen molar-refractivity contribution in [1.29, 1.82) is 5.41 Å². The Morgan fingerprint density at radius 2 is 2.27 bits per heavy atom. The highest BCUT2D eigenvalue weighted by Gasteiger charge is 1.93. The van der Waals surface area contributed by atoms with Crippen LogP contribution in [0.2, 0.25) is 0 Å². The van der Waals surface area contributed by atoms with Gasteiger partial charge in [-0.15, -0.1) is 0 Å². The average molecular weight is 154 g/mol. The lowest BCUT2D eigenvalue weighted by Gasteiger charge is -2.08. The van der Waals surface area contributed by atoms with Gasteiger partial charge in [0.1, 0.15) is 0 Å². The first-order valence-corrected chi connectivity index (χ1v) is 4.11. The highest BCUT2D eigenvalue weighted by atomic mass is 14.9. The Bertz CT molecular complexity index is 138. The molecule has 2 nitrogen and oxygen atoms in total. The van der Waals surface area contributed by atoms with Crippen LogP contribution in [-0.2, 0) is 0 Å². The van der Waals surface area contributed by atoms with E-state index in [9.17, 15) is 0 Å². The van der Waals surface area contributed by atoms with Gasteiger partial charge in [-0.05, 0) is 32.7 Å². The van der Waals surface area contributed by atoms with Crippen molar-refractivity contribution in [1.82, 2.24) is 5.32 Å². The summed E-state index contributed by atoms with van der Waals surface area (Å²) in [5.41, 5.74) is 1.35. The van der Waals surface area contributed by atoms with Crippen LogP contribution in [0.5, 0.6) is 0 Å². The average Bonchev–Trinajstić information content (AvgIpc) is 2.01. The van der Waals surface area contributed by atoms with Crippen LogP contribution in [0.25, 0.3) is 0 Å². The zero-order chi connectivity index (χ0) is 8.69. The van der Waals surface area contributed by atoms with Crippen molar-refractivity contribution in [3.8, 4) is 0 Å². The molecule has 0 aromatic rings. The smallest absolute Gasteiger partial charge is 0.0276 e. The van der Waals surface area contributed by atoms with Gasteiger partial charge in [0.2, 0.25) is 0 Å². The molecule has 0 aliphatic rings. The Kier molecular flexibility index (Phi) is 5.53. The molecule has 0 rings (SSSR count). The largest absolute Gasteiger partial charge is 0.388 e. The minimum Gasteiger partial charge on any atom is -0.388 e. The van der Waals surface area contributed by atoms with Crippen molar-refractivity contribution < 1.29 is 0 Å². The van der Waals surface area contributed by atoms with E-state index in [4.69, 9.17) is 5.41 Å². The quantitative estimate of drug-likeness (QED) is 0.586. The third-order valence-electron chi connectivity index (χ3n) is 1.64. The molecule has 0 aromatic carbocycles. The molecule has 0 saturated carbocycles. The van der Waals surface area contributed by atoms with Crippen LogP contribution in [0.3, 0.4) is 0 Å². The molecular formula is C9H18N2. The predicted octanol–water partition coefficient (Wildman–Crippen LogP) is 2.32. The summed E-state index contributed by atoms with van der Waals surface area (Å²) >= 11 is 0. The summed E-state index contributed by atoms with van der Waals surface area (Å²) in [5, 5.41) is 10.1. The lowest BCUT2D eigenvalue weighted by Crippen LogP contribution is -2.20. The van der Waals surface area contributed by atoms with Gasteiger partial charge in [0.25, 0.3) is 0 Å². The highest BCUT2D eigenvalue weighted by molar-refractivity contribution is 5.53. The molecule has 0 saturated heterocycles. The molecule has 0 spiro atoms. The van der Waals surface area contributed by atoms with E-state index in [2.05, 4.69) is 26.1 Å². The van der Waals surface area contributed by atoms with Gasteiger partial charge in [-0.1, -0.05) is 12.5 Å². The van der Waals surface area contributed by atoms with E-state index in [1.165, 1.54) is 11.8 Å². The molecule has 0 fully saturated rings. The Morgan fingerprint density at radius 3 is 2.73 bits per heavy atom. The van der Waals surface area contributed by atoms with Gasteiger partial charge in [-0.2, -0.15) is 0 Å². The summed E-state index contributed by atoms with van der Waals surface area (Å²) < 4.78 is 0. The van der Waals surface area contributed by atoms with Gasteiger partial charge in [0, 0.05) is 12.5 Å². The summed E-state index contributed by atoms with van der Waals surface area (Å²) in [7, 11) is 0. The number of hydrogen-bond acceptors (Lipinski definition) is 2. The van der Waals surface area contributed by atoms with Crippen molar-refractivity contribution in [2.75, 3.05) is 0 Å². The summed E-state index contributed by atoms with van der Waals surface area (Å²) in [6.07, 6.45) is 5.36. The van der Waals surface area contributed by atoms with Gasteiger partial charge in [0.05, 0.1) is 0 Å². The Labute approximate surface area is 69.2 Å². The van der Waals surface area contributed by atoms with E-state index >= 15 is 0 Å². The van der Waals surface area contributed by atoms with Crippen LogP contribution in [-0.4, -0.2) is 12.3 Å². The maximum absolute atomic E-state index is 6.88. The molecule has 0 heterocycles. The summed E-state index contributed by atoms with van der Waals surface area (Å²) in [5.74, 6) is 0. The first kappa shape index (κ1) is 10.2. The van der Waals surface area contributed by atoms with Crippen molar-refractivity contribution in [3.05, 3.63) is 11.8 Å². The summed E-state index contributed by atoms with van der Waals surface area (Å²) in [4.78, 5) is 0. The minimum atomic E-state index is 0.383. The van der Waals surface area contributed by atoms with Gasteiger partial charge < -0.3 is 10.7 Å². The fourth-order valence-corrected chi connectivity index (χ4v) is 0.631. The molecule has 11 heavy (non-hydrogen) atoms. The van der Waals surface area contributed by atoms with Crippen molar-refractivity contribution >= 4 is 6.21 Å². The number of nitrogens with one attached hydrogen (secondary N) is 2. The van der Waals surface area contributed by atoms with E-state index in [1.54, 1.807) is 0 Å². The van der Waals surface area contributed by atoms with Crippen LogP contribution in [0.4, 0.5) is 0 Å². The van der Waals surface area contributed by atoms with Crippen molar-refractivity contribution in [2.24, 2.45) is 0 Å². The van der Waals surface area contributed by atoms with Crippen molar-refractivity contribution in [3.63, 3.8) is 0 Å². The molecule has 0 aliphatic carbocycles. The fourth-order valence-electron chi connectivity index (χ4n) is 0.631. The SMILES string of the molecule is CC/C(C)=C\NC(C)CC=N. The Hall–Kier alpha value is -0.790. The molecule has 1 unspecified atom stereocenters. The Balaban J connectivity index is 3.58. The molecule has 2 N–H and O–H groups in total. The molecular weight excluding hydrogens is 136 g/mol. The molecule has 0 aromatic heterocycles. The monoisotopic (exact) mass is 154 g/mol. The van der Waals surface area contributed by atoms with Gasteiger partial charge in [-0.3, -0.25) is 0 Å². The van der Waals surface area contributed by atoms with E-state index in [1.807, 2.05) is 6.20 Å². The maximum Gasteiger partial charge on any atom is 0.0276 e. The lowest BCUT2D eigenvalue weighted by molar-refractivity contribution is 0.662. The third kappa shape index (κ3) is 5.64. The molecule has 0 amide bonds. The normalized spacial score (nSPS) is 14.3. The second-order valence-electron chi connectivity index (χ2n) is 2.85. The Morgan fingerprint density at radius 1 is 1.64 bits per heavy atom. The fraction of sp³-hybridized carbons (Fsp3) is 0.667. The van der Waals surface area contributed by atoms with Crippen LogP contribution >= 0.6 is 0 Å². The number of rotatable bonds is 5. The second-order valence-corrected chi connectivity index (χ2v) is 2.85. The topological polar surface area (TPSA) is 35.9 Å². The lowest BCUT2D eigenvalue weighted by atomic mass is 10.2. The third-order valence-corrected chi connectivity index (χ3v) is 1.64. The first-order chi connectivity index (χ1) is 5.20. The number of allylic oxidation sites excluding steroid dienone is 1. The maximum atomic E-state index is 6.88. The van der Waals surface area contributed by atoms with Crippen LogP contribution in [0.1, 0.15) is 33.6 Å². The first-order valence-electron chi connectivity index (χ1n) is 4.11. The highest BCUT2D eigenvalue weighted by Crippen LogP contribution is 1.96. The number of hydrogen-bond donors (Lipinski definition) is 2. The van der Waals surface area contributed by atoms with Crippen LogP contribution < -0.4 is 5.32 Å². The van der Waals surface area contributed by atoms with Crippen LogP contribution in [0.15, 0.2) is 11.8 Å². The van der Waals surface area contributed by atoms with Crippen molar-refractivity contribution in [2.45, 2.75) is 39.7 Å². The van der Waals surface area contributed by atoms with Crippen LogP contribution in [0, 0.1) is 5.41 Å². The second kappa shape index (κ2) is 5.96. The van der Waals surface area contributed by atoms with Gasteiger partial charge >= 0.3 is 0 Å². The van der Waals surface area contributed by atoms with E-state index in [0.29, 0.717) is 6.04 Å². The molecule has 0 radical (unpaired) electrons. The van der Waals surface area contributed by atoms with Gasteiger partial charge in [0.15, 0.2) is 0 Å². The van der Waals surface area contributed by atoms with E-state index in [-0.39, 0.29) is 0 Å². The molecule has 0 bridgehead atoms. The molecule has 64 valence electrons. The van der Waals surface area contributed by atoms with E-state index in [0.717, 1.165) is 12.8 Å². The van der Waals surface area contributed by atoms with E-state index < -0.39 is 0 Å². The summed E-state index contributed by atoms with van der Waals surface area (Å²) in [6, 6.07) is 0.383. The minimum absolute atomic E-state index is 0.383. The molecule has 2 heteroatoms. The predicted molar refractivity (Wildman–Crippen MR) is 50.0 cm³/mol.